The molecule has 0 aromatic heterocycles. The number of nitrogens with one attached hydrogen (secondary N) is 1. The summed E-state index contributed by atoms with van der Waals surface area (Å²) in [6, 6.07) is 0.686. The summed E-state index contributed by atoms with van der Waals surface area (Å²) in [5, 5.41) is 0. The standard InChI is InChI=1S/C9H19N3O/c1-12(7-6-9(13)11-10)8-4-2-3-5-8/h8H,2-7,10H2,1H3,(H,11,13). The molecule has 0 spiro atoms. The Morgan fingerprint density at radius 1 is 1.54 bits per heavy atom. The largest absolute Gasteiger partial charge is 0.303 e. The third kappa shape index (κ3) is 3.32. The van der Waals surface area contributed by atoms with Gasteiger partial charge in [0, 0.05) is 19.0 Å². The third-order valence-electron chi connectivity index (χ3n) is 2.80. The van der Waals surface area contributed by atoms with Crippen LogP contribution in [-0.2, 0) is 4.79 Å². The number of hydrazine groups is 1. The van der Waals surface area contributed by atoms with Gasteiger partial charge in [-0.15, -0.1) is 0 Å². The molecule has 13 heavy (non-hydrogen) atoms. The molecule has 3 N–H and O–H groups in total. The number of hydrogen-bond donors (Lipinski definition) is 2. The quantitative estimate of drug-likeness (QED) is 0.375. The summed E-state index contributed by atoms with van der Waals surface area (Å²) in [6.07, 6.45) is 5.72. The first-order valence-electron chi connectivity index (χ1n) is 4.93. The van der Waals surface area contributed by atoms with Gasteiger partial charge in [-0.05, 0) is 19.9 Å². The molecule has 1 rings (SSSR count). The average molecular weight is 185 g/mol. The van der Waals surface area contributed by atoms with E-state index in [1.54, 1.807) is 0 Å². The average Bonchev–Trinajstić information content (AvgIpc) is 2.66. The first-order valence-corrected chi connectivity index (χ1v) is 4.93. The summed E-state index contributed by atoms with van der Waals surface area (Å²) in [7, 11) is 2.08. The van der Waals surface area contributed by atoms with Gasteiger partial charge in [0.1, 0.15) is 0 Å². The molecule has 1 aliphatic rings. The lowest BCUT2D eigenvalue weighted by atomic mass is 10.2. The van der Waals surface area contributed by atoms with Crippen molar-refractivity contribution in [2.24, 2.45) is 5.84 Å². The van der Waals surface area contributed by atoms with E-state index in [0.29, 0.717) is 12.5 Å². The van der Waals surface area contributed by atoms with E-state index in [9.17, 15) is 4.79 Å². The van der Waals surface area contributed by atoms with Gasteiger partial charge in [0.05, 0.1) is 0 Å². The van der Waals surface area contributed by atoms with Gasteiger partial charge in [-0.25, -0.2) is 5.84 Å². The van der Waals surface area contributed by atoms with E-state index < -0.39 is 0 Å². The minimum atomic E-state index is -0.0788. The number of nitrogens with two attached hydrogens (primary N) is 1. The zero-order valence-corrected chi connectivity index (χ0v) is 8.25. The van der Waals surface area contributed by atoms with Crippen LogP contribution < -0.4 is 11.3 Å². The molecule has 1 amide bonds. The summed E-state index contributed by atoms with van der Waals surface area (Å²) >= 11 is 0. The zero-order chi connectivity index (χ0) is 9.68. The molecule has 4 nitrogen and oxygen atoms in total. The van der Waals surface area contributed by atoms with Crippen molar-refractivity contribution < 1.29 is 4.79 Å². The molecule has 0 aromatic carbocycles. The number of nitrogens with zero attached hydrogens (tertiary/aromatic N) is 1. The maximum atomic E-state index is 10.9. The first kappa shape index (κ1) is 10.5. The molecule has 4 heteroatoms. The van der Waals surface area contributed by atoms with E-state index in [1.165, 1.54) is 25.7 Å². The first-order chi connectivity index (χ1) is 6.24. The lowest BCUT2D eigenvalue weighted by Gasteiger charge is -2.23. The van der Waals surface area contributed by atoms with Crippen molar-refractivity contribution in [1.29, 1.82) is 0 Å². The second kappa shape index (κ2) is 5.19. The van der Waals surface area contributed by atoms with Crippen molar-refractivity contribution in [2.45, 2.75) is 38.1 Å². The van der Waals surface area contributed by atoms with Crippen LogP contribution in [-0.4, -0.2) is 30.4 Å². The van der Waals surface area contributed by atoms with Crippen LogP contribution in [0.3, 0.4) is 0 Å². The summed E-state index contributed by atoms with van der Waals surface area (Å²) in [5.74, 6) is 4.91. The van der Waals surface area contributed by atoms with Crippen LogP contribution in [0.1, 0.15) is 32.1 Å². The van der Waals surface area contributed by atoms with Crippen molar-refractivity contribution >= 4 is 5.91 Å². The number of amides is 1. The number of carbonyl (C=O) groups is 1. The van der Waals surface area contributed by atoms with Crippen LogP contribution in [0.2, 0.25) is 0 Å². The lowest BCUT2D eigenvalue weighted by molar-refractivity contribution is -0.121. The maximum absolute atomic E-state index is 10.9. The minimum absolute atomic E-state index is 0.0788. The molecule has 0 heterocycles. The normalized spacial score (nSPS) is 18.1. The molecule has 0 atom stereocenters. The SMILES string of the molecule is CN(CCC(=O)NN)C1CCCC1. The van der Waals surface area contributed by atoms with Gasteiger partial charge in [0.2, 0.25) is 5.91 Å². The Hall–Kier alpha value is -0.610. The van der Waals surface area contributed by atoms with Gasteiger partial charge in [-0.2, -0.15) is 0 Å². The molecule has 1 aliphatic carbocycles. The smallest absolute Gasteiger partial charge is 0.235 e. The fourth-order valence-electron chi connectivity index (χ4n) is 1.88. The van der Waals surface area contributed by atoms with Crippen molar-refractivity contribution in [3.05, 3.63) is 0 Å². The summed E-state index contributed by atoms with van der Waals surface area (Å²) in [4.78, 5) is 13.1. The molecule has 0 saturated heterocycles. The van der Waals surface area contributed by atoms with Gasteiger partial charge in [0.25, 0.3) is 0 Å². The molecule has 0 aliphatic heterocycles. The van der Waals surface area contributed by atoms with Crippen LogP contribution in [0.25, 0.3) is 0 Å². The Labute approximate surface area is 79.4 Å². The van der Waals surface area contributed by atoms with E-state index >= 15 is 0 Å². The Bertz CT molecular complexity index is 166. The van der Waals surface area contributed by atoms with Gasteiger partial charge < -0.3 is 4.90 Å². The topological polar surface area (TPSA) is 58.4 Å². The van der Waals surface area contributed by atoms with Crippen molar-refractivity contribution in [3.63, 3.8) is 0 Å². The summed E-state index contributed by atoms with van der Waals surface area (Å²) < 4.78 is 0. The number of rotatable bonds is 4. The van der Waals surface area contributed by atoms with E-state index in [0.717, 1.165) is 6.54 Å². The second-order valence-electron chi connectivity index (χ2n) is 3.74. The highest BCUT2D eigenvalue weighted by Crippen LogP contribution is 2.22. The number of carbonyl (C=O) groups excluding carboxylic acids is 1. The van der Waals surface area contributed by atoms with Crippen LogP contribution in [0.4, 0.5) is 0 Å². The molecule has 1 saturated carbocycles. The molecule has 0 unspecified atom stereocenters. The zero-order valence-electron chi connectivity index (χ0n) is 8.25. The molecular weight excluding hydrogens is 166 g/mol. The second-order valence-corrected chi connectivity index (χ2v) is 3.74. The monoisotopic (exact) mass is 185 g/mol. The van der Waals surface area contributed by atoms with E-state index in [4.69, 9.17) is 5.84 Å². The predicted octanol–water partition coefficient (Wildman–Crippen LogP) is 0.241. The van der Waals surface area contributed by atoms with Crippen molar-refractivity contribution in [3.8, 4) is 0 Å². The number of hydrogen-bond acceptors (Lipinski definition) is 3. The van der Waals surface area contributed by atoms with Crippen molar-refractivity contribution in [1.82, 2.24) is 10.3 Å². The minimum Gasteiger partial charge on any atom is -0.303 e. The highest BCUT2D eigenvalue weighted by atomic mass is 16.2. The highest BCUT2D eigenvalue weighted by molar-refractivity contribution is 5.75. The highest BCUT2D eigenvalue weighted by Gasteiger charge is 2.19. The Balaban J connectivity index is 2.16. The van der Waals surface area contributed by atoms with Gasteiger partial charge in [0.15, 0.2) is 0 Å². The summed E-state index contributed by atoms with van der Waals surface area (Å²) in [6.45, 7) is 0.813. The van der Waals surface area contributed by atoms with Gasteiger partial charge in [-0.1, -0.05) is 12.8 Å². The van der Waals surface area contributed by atoms with Crippen LogP contribution >= 0.6 is 0 Å². The fraction of sp³-hybridized carbons (Fsp3) is 0.889. The molecule has 0 bridgehead atoms. The predicted molar refractivity (Wildman–Crippen MR) is 51.8 cm³/mol. The van der Waals surface area contributed by atoms with E-state index in [1.807, 2.05) is 0 Å². The molecule has 1 fully saturated rings. The summed E-state index contributed by atoms with van der Waals surface area (Å²) in [5.41, 5.74) is 2.15. The van der Waals surface area contributed by atoms with Crippen LogP contribution in [0.5, 0.6) is 0 Å². The molecule has 0 radical (unpaired) electrons. The Morgan fingerprint density at radius 2 is 2.15 bits per heavy atom. The van der Waals surface area contributed by atoms with Gasteiger partial charge in [-0.3, -0.25) is 10.2 Å². The third-order valence-corrected chi connectivity index (χ3v) is 2.80. The van der Waals surface area contributed by atoms with E-state index in [-0.39, 0.29) is 5.91 Å². The molecular formula is C9H19N3O. The Morgan fingerprint density at radius 3 is 2.69 bits per heavy atom. The van der Waals surface area contributed by atoms with Crippen LogP contribution in [0.15, 0.2) is 0 Å². The Kier molecular flexibility index (Phi) is 4.18. The van der Waals surface area contributed by atoms with Crippen molar-refractivity contribution in [2.75, 3.05) is 13.6 Å². The molecule has 0 aromatic rings. The van der Waals surface area contributed by atoms with E-state index in [2.05, 4.69) is 17.4 Å². The van der Waals surface area contributed by atoms with Gasteiger partial charge >= 0.3 is 0 Å². The fourth-order valence-corrected chi connectivity index (χ4v) is 1.88. The maximum Gasteiger partial charge on any atom is 0.235 e. The molecule has 76 valence electrons. The lowest BCUT2D eigenvalue weighted by Crippen LogP contribution is -2.36. The van der Waals surface area contributed by atoms with Crippen LogP contribution in [0, 0.1) is 0 Å².